The van der Waals surface area contributed by atoms with E-state index in [-0.39, 0.29) is 12.5 Å². The molecular weight excluding hydrogens is 274 g/mol. The Balaban J connectivity index is 2.40. The van der Waals surface area contributed by atoms with Gasteiger partial charge in [0.1, 0.15) is 5.75 Å². The van der Waals surface area contributed by atoms with Crippen molar-refractivity contribution in [1.82, 2.24) is 5.32 Å². The van der Waals surface area contributed by atoms with Gasteiger partial charge in [0.25, 0.3) is 5.91 Å². The predicted octanol–water partition coefficient (Wildman–Crippen LogP) is 4.52. The molecule has 0 aromatic heterocycles. The fraction of sp³-hybridized carbons (Fsp3) is 0.632. The molecule has 124 valence electrons. The summed E-state index contributed by atoms with van der Waals surface area (Å²) >= 11 is 0. The zero-order chi connectivity index (χ0) is 16.4. The van der Waals surface area contributed by atoms with Crippen molar-refractivity contribution in [2.45, 2.75) is 59.3 Å². The summed E-state index contributed by atoms with van der Waals surface area (Å²) in [5.74, 6) is 1.74. The van der Waals surface area contributed by atoms with Crippen LogP contribution < -0.4 is 10.1 Å². The summed E-state index contributed by atoms with van der Waals surface area (Å²) in [6.45, 7) is 9.48. The van der Waals surface area contributed by atoms with E-state index in [1.165, 1.54) is 19.3 Å². The molecule has 1 amide bonds. The molecule has 22 heavy (non-hydrogen) atoms. The molecule has 0 fully saturated rings. The molecule has 1 rings (SSSR count). The SMILES string of the molecule is CCCCC(CC)CNC(=O)COc1ccccc1C(C)C. The maximum absolute atomic E-state index is 12.0. The van der Waals surface area contributed by atoms with Crippen molar-refractivity contribution in [3.05, 3.63) is 29.8 Å². The second-order valence-corrected chi connectivity index (χ2v) is 6.20. The fourth-order valence-electron chi connectivity index (χ4n) is 2.48. The van der Waals surface area contributed by atoms with Gasteiger partial charge in [-0.3, -0.25) is 4.79 Å². The van der Waals surface area contributed by atoms with E-state index in [0.717, 1.165) is 24.3 Å². The minimum atomic E-state index is -0.0338. The molecule has 1 N–H and O–H groups in total. The van der Waals surface area contributed by atoms with Crippen LogP contribution in [0.2, 0.25) is 0 Å². The molecule has 1 unspecified atom stereocenters. The van der Waals surface area contributed by atoms with E-state index < -0.39 is 0 Å². The minimum absolute atomic E-state index is 0.0338. The van der Waals surface area contributed by atoms with E-state index >= 15 is 0 Å². The summed E-state index contributed by atoms with van der Waals surface area (Å²) in [6.07, 6.45) is 4.73. The normalized spacial score (nSPS) is 12.2. The Labute approximate surface area is 135 Å². The minimum Gasteiger partial charge on any atom is -0.483 e. The molecule has 1 aromatic carbocycles. The van der Waals surface area contributed by atoms with Gasteiger partial charge in [-0.15, -0.1) is 0 Å². The van der Waals surface area contributed by atoms with Crippen LogP contribution in [-0.2, 0) is 4.79 Å². The number of unbranched alkanes of at least 4 members (excludes halogenated alkanes) is 1. The van der Waals surface area contributed by atoms with Gasteiger partial charge >= 0.3 is 0 Å². The number of hydrogen-bond acceptors (Lipinski definition) is 2. The van der Waals surface area contributed by atoms with Crippen LogP contribution in [0.25, 0.3) is 0 Å². The maximum Gasteiger partial charge on any atom is 0.257 e. The van der Waals surface area contributed by atoms with Crippen molar-refractivity contribution in [3.8, 4) is 5.75 Å². The largest absolute Gasteiger partial charge is 0.483 e. The lowest BCUT2D eigenvalue weighted by molar-refractivity contribution is -0.123. The molecule has 0 radical (unpaired) electrons. The molecule has 0 aliphatic rings. The van der Waals surface area contributed by atoms with Crippen LogP contribution in [0.3, 0.4) is 0 Å². The lowest BCUT2D eigenvalue weighted by atomic mass is 9.99. The van der Waals surface area contributed by atoms with Crippen LogP contribution in [0.1, 0.15) is 64.9 Å². The average Bonchev–Trinajstić information content (AvgIpc) is 2.53. The Morgan fingerprint density at radius 1 is 1.23 bits per heavy atom. The third-order valence-corrected chi connectivity index (χ3v) is 4.03. The van der Waals surface area contributed by atoms with E-state index in [1.54, 1.807) is 0 Å². The van der Waals surface area contributed by atoms with Gasteiger partial charge < -0.3 is 10.1 Å². The van der Waals surface area contributed by atoms with Gasteiger partial charge in [-0.2, -0.15) is 0 Å². The molecule has 3 nitrogen and oxygen atoms in total. The van der Waals surface area contributed by atoms with E-state index in [4.69, 9.17) is 4.74 Å². The zero-order valence-corrected chi connectivity index (χ0v) is 14.5. The van der Waals surface area contributed by atoms with Gasteiger partial charge in [0.05, 0.1) is 0 Å². The van der Waals surface area contributed by atoms with Crippen LogP contribution in [0.15, 0.2) is 24.3 Å². The third kappa shape index (κ3) is 6.50. The molecule has 0 aliphatic heterocycles. The van der Waals surface area contributed by atoms with Gasteiger partial charge in [0.15, 0.2) is 6.61 Å². The molecular formula is C19H31NO2. The lowest BCUT2D eigenvalue weighted by Crippen LogP contribution is -2.33. The third-order valence-electron chi connectivity index (χ3n) is 4.03. The predicted molar refractivity (Wildman–Crippen MR) is 92.3 cm³/mol. The first-order chi connectivity index (χ1) is 10.6. The smallest absolute Gasteiger partial charge is 0.257 e. The van der Waals surface area contributed by atoms with Crippen molar-refractivity contribution < 1.29 is 9.53 Å². The summed E-state index contributed by atoms with van der Waals surface area (Å²) < 4.78 is 5.70. The lowest BCUT2D eigenvalue weighted by Gasteiger charge is -2.16. The van der Waals surface area contributed by atoms with Gasteiger partial charge in [0.2, 0.25) is 0 Å². The molecule has 0 spiro atoms. The van der Waals surface area contributed by atoms with E-state index in [1.807, 2.05) is 18.2 Å². The highest BCUT2D eigenvalue weighted by Crippen LogP contribution is 2.25. The van der Waals surface area contributed by atoms with E-state index in [2.05, 4.69) is 39.1 Å². The average molecular weight is 305 g/mol. The van der Waals surface area contributed by atoms with E-state index in [9.17, 15) is 4.79 Å². The Hall–Kier alpha value is -1.51. The zero-order valence-electron chi connectivity index (χ0n) is 14.5. The van der Waals surface area contributed by atoms with Gasteiger partial charge in [-0.25, -0.2) is 0 Å². The molecule has 0 heterocycles. The first kappa shape index (κ1) is 18.5. The summed E-state index contributed by atoms with van der Waals surface area (Å²) in [6, 6.07) is 7.92. The number of para-hydroxylation sites is 1. The highest BCUT2D eigenvalue weighted by atomic mass is 16.5. The van der Waals surface area contributed by atoms with Crippen LogP contribution in [0.4, 0.5) is 0 Å². The van der Waals surface area contributed by atoms with Crippen molar-refractivity contribution in [2.75, 3.05) is 13.2 Å². The van der Waals surface area contributed by atoms with Crippen LogP contribution in [0.5, 0.6) is 5.75 Å². The van der Waals surface area contributed by atoms with Gasteiger partial charge in [-0.05, 0) is 29.9 Å². The Morgan fingerprint density at radius 3 is 2.59 bits per heavy atom. The van der Waals surface area contributed by atoms with E-state index in [0.29, 0.717) is 11.8 Å². The molecule has 1 aromatic rings. The topological polar surface area (TPSA) is 38.3 Å². The quantitative estimate of drug-likeness (QED) is 0.690. The summed E-state index contributed by atoms with van der Waals surface area (Å²) in [5, 5.41) is 3.00. The number of amides is 1. The molecule has 0 saturated carbocycles. The van der Waals surface area contributed by atoms with Crippen molar-refractivity contribution >= 4 is 5.91 Å². The monoisotopic (exact) mass is 305 g/mol. The molecule has 3 heteroatoms. The first-order valence-corrected chi connectivity index (χ1v) is 8.56. The van der Waals surface area contributed by atoms with Crippen molar-refractivity contribution in [3.63, 3.8) is 0 Å². The van der Waals surface area contributed by atoms with Crippen molar-refractivity contribution in [2.24, 2.45) is 5.92 Å². The Kier molecular flexibility index (Phi) is 8.64. The maximum atomic E-state index is 12.0. The van der Waals surface area contributed by atoms with Crippen LogP contribution in [0, 0.1) is 5.92 Å². The van der Waals surface area contributed by atoms with Crippen LogP contribution in [-0.4, -0.2) is 19.1 Å². The molecule has 0 bridgehead atoms. The highest BCUT2D eigenvalue weighted by molar-refractivity contribution is 5.77. The second-order valence-electron chi connectivity index (χ2n) is 6.20. The number of rotatable bonds is 10. The number of benzene rings is 1. The number of carbonyl (C=O) groups excluding carboxylic acids is 1. The summed E-state index contributed by atoms with van der Waals surface area (Å²) in [4.78, 5) is 12.0. The molecule has 1 atom stereocenters. The fourth-order valence-corrected chi connectivity index (χ4v) is 2.48. The number of nitrogens with one attached hydrogen (secondary N) is 1. The Morgan fingerprint density at radius 2 is 1.95 bits per heavy atom. The second kappa shape index (κ2) is 10.3. The van der Waals surface area contributed by atoms with Crippen LogP contribution >= 0.6 is 0 Å². The molecule has 0 aliphatic carbocycles. The first-order valence-electron chi connectivity index (χ1n) is 8.56. The standard InChI is InChI=1S/C19H31NO2/c1-5-7-10-16(6-2)13-20-19(21)14-22-18-12-9-8-11-17(18)15(3)4/h8-9,11-12,15-16H,5-7,10,13-14H2,1-4H3,(H,20,21). The van der Waals surface area contributed by atoms with Gasteiger partial charge in [-0.1, -0.05) is 65.2 Å². The summed E-state index contributed by atoms with van der Waals surface area (Å²) in [7, 11) is 0. The van der Waals surface area contributed by atoms with Gasteiger partial charge in [0, 0.05) is 6.54 Å². The van der Waals surface area contributed by atoms with Crippen molar-refractivity contribution in [1.29, 1.82) is 0 Å². The number of hydrogen-bond donors (Lipinski definition) is 1. The molecule has 0 saturated heterocycles. The number of carbonyl (C=O) groups is 1. The Bertz CT molecular complexity index is 443. The highest BCUT2D eigenvalue weighted by Gasteiger charge is 2.11. The summed E-state index contributed by atoms with van der Waals surface area (Å²) in [5.41, 5.74) is 1.14. The number of ether oxygens (including phenoxy) is 1.